The highest BCUT2D eigenvalue weighted by molar-refractivity contribution is 7.89. The van der Waals surface area contributed by atoms with E-state index in [9.17, 15) is 13.2 Å². The number of benzene rings is 3. The van der Waals surface area contributed by atoms with Gasteiger partial charge in [0.05, 0.1) is 45.6 Å². The summed E-state index contributed by atoms with van der Waals surface area (Å²) in [6.45, 7) is 1.19. The van der Waals surface area contributed by atoms with Crippen molar-refractivity contribution < 1.29 is 17.9 Å². The first-order valence-corrected chi connectivity index (χ1v) is 13.4. The summed E-state index contributed by atoms with van der Waals surface area (Å²) in [4.78, 5) is 18.2. The van der Waals surface area contributed by atoms with Crippen molar-refractivity contribution in [3.63, 3.8) is 0 Å². The fourth-order valence-electron chi connectivity index (χ4n) is 4.06. The van der Waals surface area contributed by atoms with Crippen LogP contribution in [0.5, 0.6) is 0 Å². The van der Waals surface area contributed by atoms with E-state index >= 15 is 0 Å². The van der Waals surface area contributed by atoms with E-state index < -0.39 is 15.9 Å². The summed E-state index contributed by atoms with van der Waals surface area (Å²) in [5, 5.41) is 4.15. The number of fused-ring (bicyclic) bond motifs is 1. The Labute approximate surface area is 218 Å². The number of hydrogen-bond donors (Lipinski definition) is 1. The molecule has 36 heavy (non-hydrogen) atoms. The van der Waals surface area contributed by atoms with E-state index in [4.69, 9.17) is 27.9 Å². The number of ether oxygens (including phenoxy) is 1. The Hall–Kier alpha value is -3.01. The number of amides is 1. The second-order valence-electron chi connectivity index (χ2n) is 8.16. The van der Waals surface area contributed by atoms with Gasteiger partial charge in [0.2, 0.25) is 10.0 Å². The molecule has 1 fully saturated rings. The van der Waals surface area contributed by atoms with Crippen LogP contribution in [0.4, 0.5) is 5.69 Å². The molecule has 1 aliphatic rings. The monoisotopic (exact) mass is 541 g/mol. The molecule has 5 rings (SSSR count). The molecule has 7 nitrogen and oxygen atoms in total. The number of nitrogens with one attached hydrogen (secondary N) is 1. The van der Waals surface area contributed by atoms with Crippen LogP contribution < -0.4 is 5.32 Å². The Morgan fingerprint density at radius 2 is 1.64 bits per heavy atom. The van der Waals surface area contributed by atoms with Gasteiger partial charge in [-0.3, -0.25) is 4.79 Å². The fourth-order valence-corrected chi connectivity index (χ4v) is 5.89. The minimum atomic E-state index is -3.77. The average molecular weight is 542 g/mol. The van der Waals surface area contributed by atoms with E-state index in [1.54, 1.807) is 18.2 Å². The molecular weight excluding hydrogens is 521 g/mol. The average Bonchev–Trinajstić information content (AvgIpc) is 2.90. The molecule has 1 N–H and O–H groups in total. The van der Waals surface area contributed by atoms with Gasteiger partial charge in [-0.15, -0.1) is 0 Å². The van der Waals surface area contributed by atoms with Crippen molar-refractivity contribution in [2.75, 3.05) is 31.6 Å². The maximum Gasteiger partial charge on any atom is 0.256 e. The number of carbonyl (C=O) groups excluding carboxylic acids is 1. The van der Waals surface area contributed by atoms with E-state index in [0.717, 1.165) is 0 Å². The summed E-state index contributed by atoms with van der Waals surface area (Å²) < 4.78 is 32.8. The van der Waals surface area contributed by atoms with E-state index in [1.165, 1.54) is 22.5 Å². The van der Waals surface area contributed by atoms with Crippen molar-refractivity contribution >= 4 is 55.7 Å². The topological polar surface area (TPSA) is 88.6 Å². The van der Waals surface area contributed by atoms with Crippen LogP contribution in [0, 0.1) is 0 Å². The Kier molecular flexibility index (Phi) is 6.96. The molecule has 184 valence electrons. The third kappa shape index (κ3) is 4.83. The van der Waals surface area contributed by atoms with Crippen LogP contribution in [0.2, 0.25) is 10.0 Å². The van der Waals surface area contributed by atoms with Gasteiger partial charge in [-0.2, -0.15) is 4.31 Å². The molecule has 3 aromatic carbocycles. The smallest absolute Gasteiger partial charge is 0.256 e. The van der Waals surface area contributed by atoms with Gasteiger partial charge in [-0.1, -0.05) is 59.6 Å². The molecule has 0 aliphatic carbocycles. The third-order valence-electron chi connectivity index (χ3n) is 5.90. The Bertz CT molecular complexity index is 1570. The Morgan fingerprint density at radius 1 is 0.917 bits per heavy atom. The number of para-hydroxylation sites is 1. The zero-order valence-electron chi connectivity index (χ0n) is 18.9. The normalized spacial score (nSPS) is 14.6. The molecule has 2 heterocycles. The quantitative estimate of drug-likeness (QED) is 0.361. The van der Waals surface area contributed by atoms with Crippen molar-refractivity contribution in [1.82, 2.24) is 9.29 Å². The van der Waals surface area contributed by atoms with Gasteiger partial charge in [0.15, 0.2) is 0 Å². The maximum atomic E-state index is 13.5. The zero-order chi connectivity index (χ0) is 25.3. The predicted octanol–water partition coefficient (Wildman–Crippen LogP) is 5.48. The largest absolute Gasteiger partial charge is 0.379 e. The summed E-state index contributed by atoms with van der Waals surface area (Å²) in [7, 11) is -3.77. The summed E-state index contributed by atoms with van der Waals surface area (Å²) in [6.07, 6.45) is 0. The first-order chi connectivity index (χ1) is 17.3. The van der Waals surface area contributed by atoms with E-state index in [-0.39, 0.29) is 28.7 Å². The number of morpholine rings is 1. The van der Waals surface area contributed by atoms with Gasteiger partial charge in [-0.05, 0) is 36.4 Å². The summed E-state index contributed by atoms with van der Waals surface area (Å²) in [5.41, 5.74) is 2.40. The van der Waals surface area contributed by atoms with E-state index in [2.05, 4.69) is 10.3 Å². The lowest BCUT2D eigenvalue weighted by atomic mass is 10.0. The number of sulfonamides is 1. The summed E-state index contributed by atoms with van der Waals surface area (Å²) in [6, 6.07) is 20.5. The van der Waals surface area contributed by atoms with Gasteiger partial charge < -0.3 is 10.1 Å². The first-order valence-electron chi connectivity index (χ1n) is 11.2. The predicted molar refractivity (Wildman–Crippen MR) is 141 cm³/mol. The molecule has 0 atom stereocenters. The van der Waals surface area contributed by atoms with Crippen LogP contribution in [0.25, 0.3) is 22.2 Å². The molecular formula is C26H21Cl2N3O4S. The lowest BCUT2D eigenvalue weighted by Gasteiger charge is -2.26. The molecule has 0 radical (unpaired) electrons. The molecule has 1 aromatic heterocycles. The van der Waals surface area contributed by atoms with Crippen molar-refractivity contribution in [3.8, 4) is 11.3 Å². The highest BCUT2D eigenvalue weighted by Crippen LogP contribution is 2.32. The van der Waals surface area contributed by atoms with Gasteiger partial charge in [0.1, 0.15) is 0 Å². The summed E-state index contributed by atoms with van der Waals surface area (Å²) >= 11 is 12.7. The minimum absolute atomic E-state index is 0.0421. The molecule has 0 unspecified atom stereocenters. The highest BCUT2D eigenvalue weighted by atomic mass is 35.5. The van der Waals surface area contributed by atoms with Crippen molar-refractivity contribution in [1.29, 1.82) is 0 Å². The second-order valence-corrected chi connectivity index (χ2v) is 10.9. The SMILES string of the molecule is O=C(Nc1cc(S(=O)(=O)N2CCOCC2)ccc1Cl)c1cc(-c2ccccc2Cl)nc2ccccc12. The molecule has 4 aromatic rings. The lowest BCUT2D eigenvalue weighted by molar-refractivity contribution is 0.0730. The number of rotatable bonds is 5. The van der Waals surface area contributed by atoms with E-state index in [1.807, 2.05) is 36.4 Å². The van der Waals surface area contributed by atoms with Crippen molar-refractivity contribution in [2.24, 2.45) is 0 Å². The molecule has 0 saturated carbocycles. The summed E-state index contributed by atoms with van der Waals surface area (Å²) in [5.74, 6) is -0.454. The zero-order valence-corrected chi connectivity index (χ0v) is 21.3. The van der Waals surface area contributed by atoms with Gasteiger partial charge in [-0.25, -0.2) is 13.4 Å². The van der Waals surface area contributed by atoms with Crippen molar-refractivity contribution in [2.45, 2.75) is 4.90 Å². The van der Waals surface area contributed by atoms with Gasteiger partial charge >= 0.3 is 0 Å². The maximum absolute atomic E-state index is 13.5. The number of pyridine rings is 1. The number of carbonyl (C=O) groups is 1. The molecule has 10 heteroatoms. The first kappa shape index (κ1) is 24.7. The Morgan fingerprint density at radius 3 is 2.42 bits per heavy atom. The van der Waals surface area contributed by atoms with Crippen LogP contribution in [0.1, 0.15) is 10.4 Å². The van der Waals surface area contributed by atoms with Gasteiger partial charge in [0, 0.05) is 29.1 Å². The second kappa shape index (κ2) is 10.2. The van der Waals surface area contributed by atoms with Gasteiger partial charge in [0.25, 0.3) is 5.91 Å². The number of hydrogen-bond acceptors (Lipinski definition) is 5. The fraction of sp³-hybridized carbons (Fsp3) is 0.154. The third-order valence-corrected chi connectivity index (χ3v) is 8.46. The van der Waals surface area contributed by atoms with E-state index in [0.29, 0.717) is 46.0 Å². The van der Waals surface area contributed by atoms with Crippen LogP contribution in [-0.4, -0.2) is 49.9 Å². The highest BCUT2D eigenvalue weighted by Gasteiger charge is 2.27. The molecule has 1 amide bonds. The molecule has 1 saturated heterocycles. The van der Waals surface area contributed by atoms with Crippen LogP contribution >= 0.6 is 23.2 Å². The molecule has 1 aliphatic heterocycles. The standard InChI is InChI=1S/C26H21Cl2N3O4S/c27-21-7-3-1-6-19(21)24-16-20(18-5-2-4-8-23(18)29-24)26(32)30-25-15-17(9-10-22(25)28)36(33,34)31-11-13-35-14-12-31/h1-10,15-16H,11-14H2,(H,30,32). The number of nitrogens with zero attached hydrogens (tertiary/aromatic N) is 2. The van der Waals surface area contributed by atoms with Crippen molar-refractivity contribution in [3.05, 3.63) is 88.4 Å². The Balaban J connectivity index is 1.53. The number of anilines is 1. The lowest BCUT2D eigenvalue weighted by Crippen LogP contribution is -2.40. The number of aromatic nitrogens is 1. The van der Waals surface area contributed by atoms with Crippen LogP contribution in [0.3, 0.4) is 0 Å². The molecule has 0 bridgehead atoms. The molecule has 0 spiro atoms. The van der Waals surface area contributed by atoms with Crippen LogP contribution in [-0.2, 0) is 14.8 Å². The minimum Gasteiger partial charge on any atom is -0.379 e. The number of halogens is 2. The van der Waals surface area contributed by atoms with Crippen LogP contribution in [0.15, 0.2) is 77.7 Å².